The first kappa shape index (κ1) is 18.1. The van der Waals surface area contributed by atoms with E-state index in [-0.39, 0.29) is 0 Å². The predicted molar refractivity (Wildman–Crippen MR) is 107 cm³/mol. The maximum Gasteiger partial charge on any atom is 0.0124 e. The molecule has 142 valence electrons. The molecule has 0 heterocycles. The van der Waals surface area contributed by atoms with Gasteiger partial charge in [0.05, 0.1) is 0 Å². The minimum atomic E-state index is 0.402. The Balaban J connectivity index is 1.59. The second-order valence-electron chi connectivity index (χ2n) is 11.1. The summed E-state index contributed by atoms with van der Waals surface area (Å²) in [6, 6.07) is 0.784. The minimum absolute atomic E-state index is 0.402. The molecule has 7 atom stereocenters. The maximum absolute atomic E-state index is 3.93. The zero-order valence-corrected chi connectivity index (χ0v) is 17.4. The van der Waals surface area contributed by atoms with Crippen molar-refractivity contribution in [2.75, 3.05) is 6.54 Å². The van der Waals surface area contributed by atoms with Crippen molar-refractivity contribution in [1.29, 1.82) is 0 Å². The van der Waals surface area contributed by atoms with Crippen molar-refractivity contribution < 1.29 is 0 Å². The molecule has 0 aromatic heterocycles. The van der Waals surface area contributed by atoms with Crippen LogP contribution in [0.2, 0.25) is 0 Å². The molecule has 0 saturated heterocycles. The van der Waals surface area contributed by atoms with Crippen molar-refractivity contribution in [2.45, 2.75) is 92.0 Å². The summed E-state index contributed by atoms with van der Waals surface area (Å²) in [6.07, 6.45) is 16.5. The molecule has 4 rings (SSSR count). The molecule has 0 bridgehead atoms. The molecule has 0 aromatic carbocycles. The van der Waals surface area contributed by atoms with Gasteiger partial charge in [-0.05, 0) is 97.8 Å². The highest BCUT2D eigenvalue weighted by molar-refractivity contribution is 5.17. The molecule has 1 heteroatoms. The van der Waals surface area contributed by atoms with E-state index in [0.29, 0.717) is 16.2 Å². The Hall–Kier alpha value is -0.300. The topological polar surface area (TPSA) is 12.0 Å². The standard InChI is InChI=1S/C24H41N/c1-6-16-25-21-11-9-18-17-8-10-20-22(2,3)13-7-14-23(20,4)19(17)12-15-24(18,21)5/h7,13,17-21,25H,6,8-12,14-16H2,1-5H3/t17-,18-,19-,20-,21?,23+,24-/m0/s1. The summed E-state index contributed by atoms with van der Waals surface area (Å²) in [5, 5.41) is 3.93. The molecule has 4 aliphatic carbocycles. The normalized spacial score (nSPS) is 50.8. The van der Waals surface area contributed by atoms with E-state index in [0.717, 1.165) is 29.7 Å². The van der Waals surface area contributed by atoms with Gasteiger partial charge >= 0.3 is 0 Å². The number of fused-ring (bicyclic) bond motifs is 5. The van der Waals surface area contributed by atoms with Crippen LogP contribution in [0.15, 0.2) is 12.2 Å². The van der Waals surface area contributed by atoms with Crippen molar-refractivity contribution in [2.24, 2.45) is 39.9 Å². The first-order valence-electron chi connectivity index (χ1n) is 11.2. The predicted octanol–water partition coefficient (Wildman–Crippen LogP) is 6.20. The van der Waals surface area contributed by atoms with Crippen molar-refractivity contribution in [3.8, 4) is 0 Å². The monoisotopic (exact) mass is 343 g/mol. The van der Waals surface area contributed by atoms with Gasteiger partial charge in [0.2, 0.25) is 0 Å². The zero-order chi connectivity index (χ0) is 17.9. The molecule has 25 heavy (non-hydrogen) atoms. The fourth-order valence-corrected chi connectivity index (χ4v) is 8.36. The van der Waals surface area contributed by atoms with Gasteiger partial charge in [0.1, 0.15) is 0 Å². The van der Waals surface area contributed by atoms with Gasteiger partial charge in [0.15, 0.2) is 0 Å². The lowest BCUT2D eigenvalue weighted by molar-refractivity contribution is -0.116. The highest BCUT2D eigenvalue weighted by Gasteiger charge is 2.61. The lowest BCUT2D eigenvalue weighted by Gasteiger charge is -2.62. The summed E-state index contributed by atoms with van der Waals surface area (Å²) in [5.41, 5.74) is 1.52. The van der Waals surface area contributed by atoms with E-state index < -0.39 is 0 Å². The molecule has 1 nitrogen and oxygen atoms in total. The summed E-state index contributed by atoms with van der Waals surface area (Å²) in [4.78, 5) is 0. The molecular weight excluding hydrogens is 302 g/mol. The van der Waals surface area contributed by atoms with Gasteiger partial charge in [-0.3, -0.25) is 0 Å². The highest BCUT2D eigenvalue weighted by Crippen LogP contribution is 2.67. The van der Waals surface area contributed by atoms with Crippen LogP contribution >= 0.6 is 0 Å². The Morgan fingerprint density at radius 3 is 2.44 bits per heavy atom. The summed E-state index contributed by atoms with van der Waals surface area (Å²) in [7, 11) is 0. The Morgan fingerprint density at radius 2 is 1.68 bits per heavy atom. The fourth-order valence-electron chi connectivity index (χ4n) is 8.36. The van der Waals surface area contributed by atoms with Gasteiger partial charge in [-0.25, -0.2) is 0 Å². The van der Waals surface area contributed by atoms with E-state index in [1.54, 1.807) is 0 Å². The number of nitrogens with one attached hydrogen (secondary N) is 1. The van der Waals surface area contributed by atoms with E-state index in [9.17, 15) is 0 Å². The molecule has 0 aromatic rings. The van der Waals surface area contributed by atoms with Crippen molar-refractivity contribution in [3.63, 3.8) is 0 Å². The average Bonchev–Trinajstić information content (AvgIpc) is 2.88. The summed E-state index contributed by atoms with van der Waals surface area (Å²) in [6.45, 7) is 13.8. The molecule has 3 fully saturated rings. The average molecular weight is 344 g/mol. The van der Waals surface area contributed by atoms with E-state index in [1.165, 1.54) is 57.9 Å². The lowest BCUT2D eigenvalue weighted by Crippen LogP contribution is -2.56. The molecule has 0 amide bonds. The first-order chi connectivity index (χ1) is 11.8. The summed E-state index contributed by atoms with van der Waals surface area (Å²) in [5.74, 6) is 3.84. The number of hydrogen-bond acceptors (Lipinski definition) is 1. The Morgan fingerprint density at radius 1 is 0.920 bits per heavy atom. The Kier molecular flexibility index (Phi) is 4.42. The van der Waals surface area contributed by atoms with Crippen LogP contribution in [-0.4, -0.2) is 12.6 Å². The van der Waals surface area contributed by atoms with Crippen molar-refractivity contribution in [1.82, 2.24) is 5.32 Å². The third-order valence-corrected chi connectivity index (χ3v) is 9.51. The van der Waals surface area contributed by atoms with Crippen LogP contribution < -0.4 is 5.32 Å². The van der Waals surface area contributed by atoms with E-state index in [2.05, 4.69) is 52.1 Å². The number of rotatable bonds is 3. The van der Waals surface area contributed by atoms with Gasteiger partial charge in [0, 0.05) is 6.04 Å². The van der Waals surface area contributed by atoms with Crippen LogP contribution in [0.4, 0.5) is 0 Å². The van der Waals surface area contributed by atoms with Crippen LogP contribution in [0, 0.1) is 39.9 Å². The number of hydrogen-bond donors (Lipinski definition) is 1. The SMILES string of the molecule is CCCNC1CC[C@H]2[C@@H]3CC[C@H]4C(C)(C)C=CC[C@]4(C)[C@H]3CC[C@]12C. The molecular formula is C24H41N. The number of allylic oxidation sites excluding steroid dienone is 2. The third-order valence-electron chi connectivity index (χ3n) is 9.51. The van der Waals surface area contributed by atoms with Crippen LogP contribution in [-0.2, 0) is 0 Å². The Bertz CT molecular complexity index is 534. The third kappa shape index (κ3) is 2.59. The van der Waals surface area contributed by atoms with E-state index in [4.69, 9.17) is 0 Å². The molecule has 0 radical (unpaired) electrons. The molecule has 4 aliphatic rings. The van der Waals surface area contributed by atoms with E-state index in [1.807, 2.05) is 0 Å². The molecule has 0 spiro atoms. The quantitative estimate of drug-likeness (QED) is 0.602. The zero-order valence-electron chi connectivity index (χ0n) is 17.4. The van der Waals surface area contributed by atoms with E-state index >= 15 is 0 Å². The first-order valence-corrected chi connectivity index (χ1v) is 11.2. The molecule has 0 aliphatic heterocycles. The molecule has 1 N–H and O–H groups in total. The summed E-state index contributed by atoms with van der Waals surface area (Å²) < 4.78 is 0. The largest absolute Gasteiger partial charge is 0.313 e. The van der Waals surface area contributed by atoms with Crippen molar-refractivity contribution >= 4 is 0 Å². The Labute approximate surface area is 156 Å². The van der Waals surface area contributed by atoms with Crippen molar-refractivity contribution in [3.05, 3.63) is 12.2 Å². The lowest BCUT2D eigenvalue weighted by atomic mass is 9.43. The smallest absolute Gasteiger partial charge is 0.0124 e. The van der Waals surface area contributed by atoms with Gasteiger partial charge < -0.3 is 5.32 Å². The molecule has 1 unspecified atom stereocenters. The van der Waals surface area contributed by atoms with Crippen LogP contribution in [0.25, 0.3) is 0 Å². The maximum atomic E-state index is 3.93. The summed E-state index contributed by atoms with van der Waals surface area (Å²) >= 11 is 0. The second kappa shape index (κ2) is 6.11. The fraction of sp³-hybridized carbons (Fsp3) is 0.917. The minimum Gasteiger partial charge on any atom is -0.313 e. The van der Waals surface area contributed by atoms with Gasteiger partial charge in [-0.2, -0.15) is 0 Å². The van der Waals surface area contributed by atoms with Gasteiger partial charge in [-0.15, -0.1) is 0 Å². The molecule has 3 saturated carbocycles. The van der Waals surface area contributed by atoms with Crippen LogP contribution in [0.1, 0.15) is 86.0 Å². The van der Waals surface area contributed by atoms with Gasteiger partial charge in [0.25, 0.3) is 0 Å². The van der Waals surface area contributed by atoms with Crippen LogP contribution in [0.5, 0.6) is 0 Å². The second-order valence-corrected chi connectivity index (χ2v) is 11.1. The highest BCUT2D eigenvalue weighted by atomic mass is 14.9. The van der Waals surface area contributed by atoms with Crippen LogP contribution in [0.3, 0.4) is 0 Å². The van der Waals surface area contributed by atoms with Gasteiger partial charge in [-0.1, -0.05) is 46.8 Å².